The van der Waals surface area contributed by atoms with E-state index in [9.17, 15) is 19.8 Å². The first kappa shape index (κ1) is 28.9. The predicted octanol–water partition coefficient (Wildman–Crippen LogP) is 7.47. The van der Waals surface area contributed by atoms with Gasteiger partial charge in [-0.3, -0.25) is 9.59 Å². The molecule has 6 nitrogen and oxygen atoms in total. The second-order valence-corrected chi connectivity index (χ2v) is 11.3. The van der Waals surface area contributed by atoms with Crippen molar-refractivity contribution in [2.45, 2.75) is 78.6 Å². The van der Waals surface area contributed by atoms with Crippen LogP contribution in [0.2, 0.25) is 0 Å². The van der Waals surface area contributed by atoms with Crippen LogP contribution in [0, 0.1) is 13.8 Å². The molecule has 0 saturated heterocycles. The van der Waals surface area contributed by atoms with E-state index in [0.717, 1.165) is 39.1 Å². The minimum absolute atomic E-state index is 0.00103. The quantitative estimate of drug-likeness (QED) is 0.140. The van der Waals surface area contributed by atoms with Crippen molar-refractivity contribution >= 4 is 11.6 Å². The van der Waals surface area contributed by atoms with E-state index in [1.54, 1.807) is 12.3 Å². The van der Waals surface area contributed by atoms with E-state index >= 15 is 0 Å². The highest BCUT2D eigenvalue weighted by Crippen LogP contribution is 2.36. The molecule has 2 heterocycles. The van der Waals surface area contributed by atoms with E-state index in [0.29, 0.717) is 55.0 Å². The number of aryl methyl sites for hydroxylation is 4. The predicted molar refractivity (Wildman–Crippen MR) is 159 cm³/mol. The van der Waals surface area contributed by atoms with Gasteiger partial charge in [0.25, 0.3) is 0 Å². The first-order valence-electron chi connectivity index (χ1n) is 14.1. The van der Waals surface area contributed by atoms with Crippen LogP contribution in [-0.4, -0.2) is 31.7 Å². The van der Waals surface area contributed by atoms with E-state index in [2.05, 4.69) is 30.7 Å². The number of hydrogen-bond acceptors (Lipinski definition) is 4. The smallest absolute Gasteiger partial charge is 0.179 e. The van der Waals surface area contributed by atoms with E-state index in [-0.39, 0.29) is 23.4 Å². The SMILES string of the molecule is Cc1cc(CCC(=O)c2ccc(CC(C)c3cc(CCC(=O)c4ccc[nH]4)cc(C(C)C)c3O)[nH]2)cc(C)c1O. The fraction of sp³-hybridized carbons (Fsp3) is 0.353. The highest BCUT2D eigenvalue weighted by molar-refractivity contribution is 5.95. The number of aromatic amines is 2. The Morgan fingerprint density at radius 2 is 1.38 bits per heavy atom. The summed E-state index contributed by atoms with van der Waals surface area (Å²) in [7, 11) is 0. The van der Waals surface area contributed by atoms with Crippen LogP contribution in [-0.2, 0) is 19.3 Å². The zero-order chi connectivity index (χ0) is 29.0. The highest BCUT2D eigenvalue weighted by atomic mass is 16.3. The van der Waals surface area contributed by atoms with Crippen molar-refractivity contribution in [1.82, 2.24) is 9.97 Å². The summed E-state index contributed by atoms with van der Waals surface area (Å²) in [6.07, 6.45) is 4.36. The first-order chi connectivity index (χ1) is 19.0. The van der Waals surface area contributed by atoms with Gasteiger partial charge in [0.15, 0.2) is 11.6 Å². The number of H-pyrrole nitrogens is 2. The number of Topliss-reactive ketones (excluding diaryl/α,β-unsaturated/α-hetero) is 2. The zero-order valence-electron chi connectivity index (χ0n) is 24.1. The van der Waals surface area contributed by atoms with Gasteiger partial charge in [0.2, 0.25) is 0 Å². The topological polar surface area (TPSA) is 106 Å². The van der Waals surface area contributed by atoms with Gasteiger partial charge < -0.3 is 20.2 Å². The summed E-state index contributed by atoms with van der Waals surface area (Å²) >= 11 is 0. The molecule has 1 unspecified atom stereocenters. The van der Waals surface area contributed by atoms with Crippen LogP contribution in [0.1, 0.15) is 106 Å². The molecule has 0 bridgehead atoms. The monoisotopic (exact) mass is 540 g/mol. The minimum atomic E-state index is 0.00103. The van der Waals surface area contributed by atoms with Gasteiger partial charge in [0.1, 0.15) is 11.5 Å². The third-order valence-corrected chi connectivity index (χ3v) is 7.69. The summed E-state index contributed by atoms with van der Waals surface area (Å²) in [4.78, 5) is 31.7. The Balaban J connectivity index is 1.44. The molecule has 0 radical (unpaired) electrons. The summed E-state index contributed by atoms with van der Waals surface area (Å²) in [5.41, 5.74) is 7.57. The van der Waals surface area contributed by atoms with E-state index in [4.69, 9.17) is 0 Å². The number of benzene rings is 2. The Morgan fingerprint density at radius 3 is 1.98 bits per heavy atom. The maximum Gasteiger partial charge on any atom is 0.179 e. The third-order valence-electron chi connectivity index (χ3n) is 7.69. The lowest BCUT2D eigenvalue weighted by Crippen LogP contribution is -2.06. The van der Waals surface area contributed by atoms with Crippen molar-refractivity contribution in [2.75, 3.05) is 0 Å². The van der Waals surface area contributed by atoms with Gasteiger partial charge in [-0.1, -0.05) is 45.0 Å². The molecular formula is C34H40N2O4. The standard InChI is InChI=1S/C34H40N2O4/c1-20(2)27-18-25(9-12-31(37)29-7-6-14-35-29)19-28(34(27)40)21(3)17-26-10-11-30(36-26)32(38)13-8-24-15-22(4)33(39)23(5)16-24/h6-7,10-11,14-16,18-21,35-36,39-40H,8-9,12-13,17H2,1-5H3. The van der Waals surface area contributed by atoms with Crippen LogP contribution >= 0.6 is 0 Å². The number of phenols is 2. The Labute approximate surface area is 236 Å². The number of carbonyl (C=O) groups is 2. The molecule has 4 rings (SSSR count). The van der Waals surface area contributed by atoms with Gasteiger partial charge in [-0.05, 0) is 103 Å². The Hall–Kier alpha value is -4.06. The number of aromatic hydroxyl groups is 2. The first-order valence-corrected chi connectivity index (χ1v) is 14.1. The van der Waals surface area contributed by atoms with Crippen LogP contribution in [0.25, 0.3) is 0 Å². The van der Waals surface area contributed by atoms with Gasteiger partial charge in [-0.2, -0.15) is 0 Å². The van der Waals surface area contributed by atoms with E-state index in [1.807, 2.05) is 56.3 Å². The molecule has 0 amide bonds. The van der Waals surface area contributed by atoms with Gasteiger partial charge in [-0.15, -0.1) is 0 Å². The van der Waals surface area contributed by atoms with Crippen LogP contribution in [0.15, 0.2) is 54.7 Å². The highest BCUT2D eigenvalue weighted by Gasteiger charge is 2.20. The van der Waals surface area contributed by atoms with Gasteiger partial charge in [-0.25, -0.2) is 0 Å². The number of aromatic nitrogens is 2. The molecule has 2 aromatic heterocycles. The Kier molecular flexibility index (Phi) is 8.98. The molecular weight excluding hydrogens is 500 g/mol. The number of ketones is 2. The van der Waals surface area contributed by atoms with E-state index < -0.39 is 0 Å². The molecule has 0 aliphatic heterocycles. The van der Waals surface area contributed by atoms with Crippen LogP contribution in [0.3, 0.4) is 0 Å². The lowest BCUT2D eigenvalue weighted by Gasteiger charge is -2.19. The van der Waals surface area contributed by atoms with Crippen LogP contribution < -0.4 is 0 Å². The molecule has 40 heavy (non-hydrogen) atoms. The maximum atomic E-state index is 12.9. The normalized spacial score (nSPS) is 12.2. The number of rotatable bonds is 12. The molecule has 0 fully saturated rings. The molecule has 210 valence electrons. The van der Waals surface area contributed by atoms with Crippen molar-refractivity contribution in [1.29, 1.82) is 0 Å². The van der Waals surface area contributed by atoms with Gasteiger partial charge in [0, 0.05) is 24.7 Å². The van der Waals surface area contributed by atoms with Gasteiger partial charge >= 0.3 is 0 Å². The Morgan fingerprint density at radius 1 is 0.775 bits per heavy atom. The largest absolute Gasteiger partial charge is 0.507 e. The molecule has 0 saturated carbocycles. The summed E-state index contributed by atoms with van der Waals surface area (Å²) in [5.74, 6) is 0.866. The molecule has 4 N–H and O–H groups in total. The average molecular weight is 541 g/mol. The number of carbonyl (C=O) groups excluding carboxylic acids is 2. The fourth-order valence-corrected chi connectivity index (χ4v) is 5.35. The third kappa shape index (κ3) is 6.74. The zero-order valence-corrected chi connectivity index (χ0v) is 24.1. The molecule has 1 atom stereocenters. The fourth-order valence-electron chi connectivity index (χ4n) is 5.35. The van der Waals surface area contributed by atoms with Crippen molar-refractivity contribution in [3.8, 4) is 11.5 Å². The summed E-state index contributed by atoms with van der Waals surface area (Å²) in [6, 6.07) is 15.3. The second kappa shape index (κ2) is 12.4. The summed E-state index contributed by atoms with van der Waals surface area (Å²) < 4.78 is 0. The number of nitrogens with one attached hydrogen (secondary N) is 2. The van der Waals surface area contributed by atoms with Crippen molar-refractivity contribution < 1.29 is 19.8 Å². The van der Waals surface area contributed by atoms with Crippen LogP contribution in [0.4, 0.5) is 0 Å². The Bertz CT molecular complexity index is 1470. The molecule has 2 aromatic carbocycles. The summed E-state index contributed by atoms with van der Waals surface area (Å²) in [6.45, 7) is 9.92. The average Bonchev–Trinajstić information content (AvgIpc) is 3.62. The van der Waals surface area contributed by atoms with Crippen molar-refractivity contribution in [2.24, 2.45) is 0 Å². The molecule has 0 aliphatic rings. The second-order valence-electron chi connectivity index (χ2n) is 11.3. The molecule has 0 spiro atoms. The lowest BCUT2D eigenvalue weighted by molar-refractivity contribution is 0.0970. The van der Waals surface area contributed by atoms with Gasteiger partial charge in [0.05, 0.1) is 11.4 Å². The molecule has 0 aliphatic carbocycles. The minimum Gasteiger partial charge on any atom is -0.507 e. The number of hydrogen-bond donors (Lipinski definition) is 4. The van der Waals surface area contributed by atoms with Crippen molar-refractivity contribution in [3.05, 3.63) is 105 Å². The van der Waals surface area contributed by atoms with Crippen LogP contribution in [0.5, 0.6) is 11.5 Å². The van der Waals surface area contributed by atoms with Crippen molar-refractivity contribution in [3.63, 3.8) is 0 Å². The van der Waals surface area contributed by atoms with E-state index in [1.165, 1.54) is 0 Å². The summed E-state index contributed by atoms with van der Waals surface area (Å²) in [5, 5.41) is 21.1. The molecule has 4 aromatic rings. The number of phenolic OH excluding ortho intramolecular Hbond substituents is 2. The lowest BCUT2D eigenvalue weighted by atomic mass is 9.87. The maximum absolute atomic E-state index is 12.9. The molecule has 6 heteroatoms.